The highest BCUT2D eigenvalue weighted by molar-refractivity contribution is 6.62. The third kappa shape index (κ3) is 6.32. The van der Waals surface area contributed by atoms with Crippen LogP contribution in [0, 0.1) is 0 Å². The van der Waals surface area contributed by atoms with Crippen molar-refractivity contribution >= 4 is 74.9 Å². The van der Waals surface area contributed by atoms with Gasteiger partial charge in [-0.05, 0) is 125 Å². The number of fused-ring (bicyclic) bond motifs is 4. The highest BCUT2D eigenvalue weighted by Gasteiger charge is 2.51. The van der Waals surface area contributed by atoms with Crippen LogP contribution in [0.15, 0.2) is 164 Å². The molecule has 6 aromatic carbocycles. The summed E-state index contributed by atoms with van der Waals surface area (Å²) in [6.45, 7) is 14.7. The summed E-state index contributed by atoms with van der Waals surface area (Å²) in [6, 6.07) is 51.8. The summed E-state index contributed by atoms with van der Waals surface area (Å²) < 4.78 is 17.6. The van der Waals surface area contributed by atoms with E-state index in [2.05, 4.69) is 225 Å². The number of benzene rings is 6. The van der Waals surface area contributed by atoms with Crippen molar-refractivity contribution in [1.29, 1.82) is 0 Å². The van der Waals surface area contributed by atoms with E-state index in [1.165, 1.54) is 10.8 Å². The van der Waals surface area contributed by atoms with Gasteiger partial charge in [-0.15, -0.1) is 0 Å². The van der Waals surface area contributed by atoms with E-state index in [-0.39, 0.29) is 0 Å². The van der Waals surface area contributed by atoms with E-state index < -0.39 is 18.3 Å². The van der Waals surface area contributed by atoms with Crippen LogP contribution in [0.2, 0.25) is 0 Å². The van der Waals surface area contributed by atoms with Gasteiger partial charge in [0.05, 0.1) is 33.4 Å². The summed E-state index contributed by atoms with van der Waals surface area (Å²) in [5, 5.41) is 3.52. The van der Waals surface area contributed by atoms with Crippen molar-refractivity contribution in [2.45, 2.75) is 45.8 Å². The van der Waals surface area contributed by atoms with Crippen LogP contribution in [0.25, 0.3) is 62.3 Å². The third-order valence-electron chi connectivity index (χ3n) is 11.7. The molecular weight excluding hydrogens is 697 g/mol. The molecule has 0 saturated carbocycles. The molecule has 1 aliphatic rings. The molecule has 1 saturated heterocycles. The van der Waals surface area contributed by atoms with Gasteiger partial charge in [-0.2, -0.15) is 0 Å². The van der Waals surface area contributed by atoms with E-state index in [1.54, 1.807) is 0 Å². The molecule has 57 heavy (non-hydrogen) atoms. The predicted molar refractivity (Wildman–Crippen MR) is 242 cm³/mol. The summed E-state index contributed by atoms with van der Waals surface area (Å²) in [5.41, 5.74) is 11.2. The van der Waals surface area contributed by atoms with Crippen molar-refractivity contribution in [3.63, 3.8) is 0 Å². The van der Waals surface area contributed by atoms with Crippen molar-refractivity contribution < 1.29 is 9.31 Å². The second kappa shape index (κ2) is 14.3. The smallest absolute Gasteiger partial charge is 0.399 e. The van der Waals surface area contributed by atoms with Gasteiger partial charge < -0.3 is 23.3 Å². The molecule has 1 aliphatic heterocycles. The van der Waals surface area contributed by atoms with Crippen molar-refractivity contribution in [3.05, 3.63) is 181 Å². The molecule has 5 nitrogen and oxygen atoms in total. The molecule has 0 aliphatic carbocycles. The second-order valence-corrected chi connectivity index (χ2v) is 15.7. The lowest BCUT2D eigenvalue weighted by molar-refractivity contribution is 0.00578. The first kappa shape index (κ1) is 36.3. The van der Waals surface area contributed by atoms with Gasteiger partial charge in [0, 0.05) is 50.7 Å². The molecule has 0 unspecified atom stereocenters. The largest absolute Gasteiger partial charge is 0.494 e. The number of aromatic nitrogens is 2. The topological polar surface area (TPSA) is 31.6 Å². The molecular formula is C51H46BN3O2. The Bertz CT molecular complexity index is 2790. The number of rotatable bonds is 9. The number of hydrogen-bond donors (Lipinski definition) is 0. The molecule has 0 bridgehead atoms. The van der Waals surface area contributed by atoms with E-state index >= 15 is 0 Å². The fourth-order valence-electron chi connectivity index (χ4n) is 8.10. The standard InChI is InChI=1S/C51H46BN3O2/c1-7-18-46-42(8-2)45-34-37(52-56-50(3,4)51(5,6)57-52)28-30-49(45)54(46)40-23-17-24-41(35-40)55-47-26-16-15-25-43(47)44-33-36(27-29-48(44)55)31-32-53(38-19-11-9-12-20-38)39-21-13-10-14-22-39/h7-35H,2H2,1,3-6H3/b18-7-,32-31+. The highest BCUT2D eigenvalue weighted by Crippen LogP contribution is 2.39. The Morgan fingerprint density at radius 1 is 0.579 bits per heavy atom. The lowest BCUT2D eigenvalue weighted by Gasteiger charge is -2.32. The Labute approximate surface area is 335 Å². The Morgan fingerprint density at radius 2 is 1.18 bits per heavy atom. The van der Waals surface area contributed by atoms with Crippen LogP contribution < -0.4 is 10.4 Å². The van der Waals surface area contributed by atoms with Crippen molar-refractivity contribution in [2.75, 3.05) is 4.90 Å². The van der Waals surface area contributed by atoms with E-state index in [9.17, 15) is 0 Å². The van der Waals surface area contributed by atoms with Gasteiger partial charge in [0.25, 0.3) is 0 Å². The van der Waals surface area contributed by atoms with Gasteiger partial charge in [0.1, 0.15) is 0 Å². The maximum absolute atomic E-state index is 6.46. The van der Waals surface area contributed by atoms with Gasteiger partial charge >= 0.3 is 7.12 Å². The molecule has 0 atom stereocenters. The first-order chi connectivity index (χ1) is 27.7. The summed E-state index contributed by atoms with van der Waals surface area (Å²) in [7, 11) is -0.452. The fourth-order valence-corrected chi connectivity index (χ4v) is 8.10. The molecule has 9 rings (SSSR count). The van der Waals surface area contributed by atoms with Crippen molar-refractivity contribution in [1.82, 2.24) is 9.13 Å². The van der Waals surface area contributed by atoms with Crippen LogP contribution in [0.5, 0.6) is 0 Å². The minimum absolute atomic E-state index is 0.423. The molecule has 8 aromatic rings. The quantitative estimate of drug-likeness (QED) is 0.138. The highest BCUT2D eigenvalue weighted by atomic mass is 16.7. The van der Waals surface area contributed by atoms with Crippen LogP contribution in [-0.4, -0.2) is 27.5 Å². The Hall–Kier alpha value is -6.34. The minimum Gasteiger partial charge on any atom is -0.399 e. The van der Waals surface area contributed by atoms with Gasteiger partial charge in [-0.1, -0.05) is 97.6 Å². The van der Waals surface area contributed by atoms with Crippen LogP contribution in [-0.2, 0) is 9.31 Å². The maximum atomic E-state index is 6.46. The Morgan fingerprint density at radius 3 is 1.84 bits per heavy atom. The average Bonchev–Trinajstić information content (AvgIpc) is 3.80. The molecule has 6 heteroatoms. The second-order valence-electron chi connectivity index (χ2n) is 15.7. The van der Waals surface area contributed by atoms with Crippen LogP contribution in [0.4, 0.5) is 11.4 Å². The molecule has 2 aromatic heterocycles. The number of hydrogen-bond acceptors (Lipinski definition) is 3. The van der Waals surface area contributed by atoms with Gasteiger partial charge in [-0.25, -0.2) is 0 Å². The van der Waals surface area contributed by atoms with Crippen LogP contribution in [0.1, 0.15) is 51.4 Å². The summed E-state index contributed by atoms with van der Waals surface area (Å²) in [4.78, 5) is 2.22. The minimum atomic E-state index is -0.452. The van der Waals surface area contributed by atoms with E-state index in [0.717, 1.165) is 67.0 Å². The molecule has 0 N–H and O–H groups in total. The van der Waals surface area contributed by atoms with E-state index in [1.807, 2.05) is 6.08 Å². The van der Waals surface area contributed by atoms with Crippen molar-refractivity contribution in [3.8, 4) is 11.4 Å². The summed E-state index contributed by atoms with van der Waals surface area (Å²) in [5.74, 6) is 0. The number of allylic oxidation sites excluding steroid dienone is 1. The molecule has 0 amide bonds. The lowest BCUT2D eigenvalue weighted by Crippen LogP contribution is -2.41. The van der Waals surface area contributed by atoms with Crippen molar-refractivity contribution in [2.24, 2.45) is 0 Å². The average molecular weight is 744 g/mol. The summed E-state index contributed by atoms with van der Waals surface area (Å²) in [6.07, 6.45) is 10.6. The first-order valence-electron chi connectivity index (χ1n) is 19.7. The number of anilines is 2. The lowest BCUT2D eigenvalue weighted by atomic mass is 9.78. The van der Waals surface area contributed by atoms with Gasteiger partial charge in [0.2, 0.25) is 0 Å². The Balaban J connectivity index is 1.14. The van der Waals surface area contributed by atoms with E-state index in [0.29, 0.717) is 0 Å². The first-order valence-corrected chi connectivity index (χ1v) is 19.7. The normalized spacial score (nSPS) is 15.1. The SMILES string of the molecule is C=Cc1c(/C=C\C)n(-c2cccc(-n3c4ccccc4c4cc(/C=C/N(c5ccccc5)c5ccccc5)ccc43)c2)c2ccc(B3OC(C)(C)C(C)(C)O3)cc12. The number of nitrogens with zero attached hydrogens (tertiary/aromatic N) is 3. The molecule has 280 valence electrons. The Kier molecular flexibility index (Phi) is 9.12. The zero-order valence-corrected chi connectivity index (χ0v) is 33.2. The molecule has 1 fully saturated rings. The van der Waals surface area contributed by atoms with Gasteiger partial charge in [-0.3, -0.25) is 0 Å². The van der Waals surface area contributed by atoms with Crippen LogP contribution >= 0.6 is 0 Å². The molecule has 0 radical (unpaired) electrons. The molecule has 3 heterocycles. The van der Waals surface area contributed by atoms with Crippen LogP contribution in [0.3, 0.4) is 0 Å². The third-order valence-corrected chi connectivity index (χ3v) is 11.7. The maximum Gasteiger partial charge on any atom is 0.494 e. The fraction of sp³-hybridized carbons (Fsp3) is 0.137. The predicted octanol–water partition coefficient (Wildman–Crippen LogP) is 12.5. The monoisotopic (exact) mass is 743 g/mol. The molecule has 0 spiro atoms. The summed E-state index contributed by atoms with van der Waals surface area (Å²) >= 11 is 0. The van der Waals surface area contributed by atoms with E-state index in [4.69, 9.17) is 9.31 Å². The van der Waals surface area contributed by atoms with Gasteiger partial charge in [0.15, 0.2) is 0 Å². The zero-order chi connectivity index (χ0) is 39.3. The zero-order valence-electron chi connectivity index (χ0n) is 33.2. The number of para-hydroxylation sites is 3.